The Morgan fingerprint density at radius 2 is 2.00 bits per heavy atom. The third-order valence-corrected chi connectivity index (χ3v) is 10.4. The molecule has 2 aromatic rings. The van der Waals surface area contributed by atoms with E-state index in [1.807, 2.05) is 12.1 Å². The Balaban J connectivity index is 1.31. The summed E-state index contributed by atoms with van der Waals surface area (Å²) in [6.07, 6.45) is 5.01. The fraction of sp³-hybridized carbons (Fsp3) is 0.464. The maximum absolute atomic E-state index is 13.6. The number of nitro benzene ring substituents is 1. The Hall–Kier alpha value is -3.03. The molecule has 5 aliphatic heterocycles. The second-order valence-corrected chi connectivity index (χ2v) is 11.5. The van der Waals surface area contributed by atoms with Crippen LogP contribution in [0.1, 0.15) is 30.4 Å². The number of anilines is 1. The SMILES string of the molecule is O=C1C[C@@H]2OCC=C3C[N@+]4(Cc5ccc([N+](=O)[O-])cc5)CC[C@]56c7ccccc7N1[C@@H]5[C@@H]2[C@H]3C[C@H]64. The molecule has 0 aromatic heterocycles. The normalized spacial score (nSPS) is 39.7. The van der Waals surface area contributed by atoms with E-state index in [0.29, 0.717) is 30.9 Å². The lowest BCUT2D eigenvalue weighted by molar-refractivity contribution is -0.955. The molecule has 3 saturated heterocycles. The van der Waals surface area contributed by atoms with Crippen LogP contribution in [0.25, 0.3) is 0 Å². The largest absolute Gasteiger partial charge is 0.373 e. The summed E-state index contributed by atoms with van der Waals surface area (Å²) in [5.41, 5.74) is 5.24. The number of carbonyl (C=O) groups is 1. The lowest BCUT2D eigenvalue weighted by atomic mass is 9.53. The van der Waals surface area contributed by atoms with Crippen molar-refractivity contribution in [1.82, 2.24) is 0 Å². The zero-order chi connectivity index (χ0) is 23.5. The van der Waals surface area contributed by atoms with Gasteiger partial charge in [-0.25, -0.2) is 0 Å². The van der Waals surface area contributed by atoms with Gasteiger partial charge in [0.2, 0.25) is 5.91 Å². The van der Waals surface area contributed by atoms with Crippen molar-refractivity contribution < 1.29 is 18.9 Å². The van der Waals surface area contributed by atoms with Crippen molar-refractivity contribution in [2.45, 2.75) is 49.4 Å². The summed E-state index contributed by atoms with van der Waals surface area (Å²) < 4.78 is 7.36. The zero-order valence-electron chi connectivity index (χ0n) is 19.5. The van der Waals surface area contributed by atoms with Gasteiger partial charge in [-0.15, -0.1) is 0 Å². The predicted octanol–water partition coefficient (Wildman–Crippen LogP) is 3.72. The molecule has 4 fully saturated rings. The van der Waals surface area contributed by atoms with Gasteiger partial charge < -0.3 is 14.1 Å². The van der Waals surface area contributed by atoms with Crippen LogP contribution in [0.4, 0.5) is 11.4 Å². The van der Waals surface area contributed by atoms with Crippen molar-refractivity contribution in [3.8, 4) is 0 Å². The summed E-state index contributed by atoms with van der Waals surface area (Å²) in [5, 5.41) is 11.2. The number of nitro groups is 1. The third-order valence-electron chi connectivity index (χ3n) is 10.4. The summed E-state index contributed by atoms with van der Waals surface area (Å²) in [6, 6.07) is 16.4. The van der Waals surface area contributed by atoms with Crippen LogP contribution < -0.4 is 4.90 Å². The van der Waals surface area contributed by atoms with E-state index < -0.39 is 0 Å². The number of fused-ring (bicyclic) bond motifs is 2. The van der Waals surface area contributed by atoms with Crippen molar-refractivity contribution >= 4 is 17.3 Å². The highest BCUT2D eigenvalue weighted by Crippen LogP contribution is 2.67. The number of hydrogen-bond donors (Lipinski definition) is 0. The fourth-order valence-corrected chi connectivity index (χ4v) is 9.29. The molecule has 7 atom stereocenters. The minimum atomic E-state index is -0.329. The number of rotatable bonds is 3. The Bertz CT molecular complexity index is 1320. The minimum Gasteiger partial charge on any atom is -0.373 e. The van der Waals surface area contributed by atoms with Crippen molar-refractivity contribution in [3.63, 3.8) is 0 Å². The van der Waals surface area contributed by atoms with Crippen LogP contribution in [0.5, 0.6) is 0 Å². The van der Waals surface area contributed by atoms with E-state index in [1.54, 1.807) is 12.1 Å². The average molecular weight is 471 g/mol. The molecule has 8 rings (SSSR count). The van der Waals surface area contributed by atoms with E-state index in [-0.39, 0.29) is 34.1 Å². The topological polar surface area (TPSA) is 72.7 Å². The highest BCUT2D eigenvalue weighted by atomic mass is 16.6. The molecule has 7 heteroatoms. The summed E-state index contributed by atoms with van der Waals surface area (Å²) in [5.74, 6) is 1.03. The molecule has 1 amide bonds. The summed E-state index contributed by atoms with van der Waals surface area (Å²) in [4.78, 5) is 26.6. The number of amides is 1. The molecule has 0 unspecified atom stereocenters. The first-order valence-electron chi connectivity index (χ1n) is 12.8. The molecule has 2 bridgehead atoms. The second kappa shape index (κ2) is 6.59. The third kappa shape index (κ3) is 2.36. The van der Waals surface area contributed by atoms with Gasteiger partial charge >= 0.3 is 0 Å². The van der Waals surface area contributed by atoms with Crippen LogP contribution >= 0.6 is 0 Å². The highest BCUT2D eigenvalue weighted by Gasteiger charge is 2.75. The molecule has 35 heavy (non-hydrogen) atoms. The number of carbonyl (C=O) groups excluding carboxylic acids is 1. The van der Waals surface area contributed by atoms with Crippen molar-refractivity contribution in [1.29, 1.82) is 0 Å². The Morgan fingerprint density at radius 1 is 1.17 bits per heavy atom. The van der Waals surface area contributed by atoms with Crippen LogP contribution in [0.15, 0.2) is 60.2 Å². The van der Waals surface area contributed by atoms with Crippen LogP contribution in [0.2, 0.25) is 0 Å². The van der Waals surface area contributed by atoms with Gasteiger partial charge in [-0.1, -0.05) is 24.3 Å². The molecular weight excluding hydrogens is 442 g/mol. The standard InChI is InChI=1S/C28H28N3O4/c32-25-14-23-26-20-13-24-28(21-3-1-2-4-22(21)29(25)27(26)28)10-11-31(24,16-18(20)9-12-35-23)15-17-5-7-19(8-6-17)30(33)34/h1-9,20,23-24,26-27H,10-16H2/q+1/t20-,23-,24+,26+,27+,28+,31+/m0/s1. The van der Waals surface area contributed by atoms with E-state index >= 15 is 0 Å². The Morgan fingerprint density at radius 3 is 2.83 bits per heavy atom. The van der Waals surface area contributed by atoms with Crippen LogP contribution in [0.3, 0.4) is 0 Å². The Labute approximate surface area is 203 Å². The molecule has 0 N–H and O–H groups in total. The van der Waals surface area contributed by atoms with Crippen LogP contribution in [-0.2, 0) is 21.5 Å². The predicted molar refractivity (Wildman–Crippen MR) is 129 cm³/mol. The first-order chi connectivity index (χ1) is 17.0. The fourth-order valence-electron chi connectivity index (χ4n) is 9.29. The van der Waals surface area contributed by atoms with Crippen LogP contribution in [-0.4, -0.2) is 53.2 Å². The number of hydrogen-bond acceptors (Lipinski definition) is 4. The maximum Gasteiger partial charge on any atom is 0.269 e. The first-order valence-corrected chi connectivity index (χ1v) is 12.8. The number of quaternary nitrogens is 1. The van der Waals surface area contributed by atoms with E-state index in [9.17, 15) is 14.9 Å². The molecular formula is C28H28N3O4+. The van der Waals surface area contributed by atoms with Gasteiger partial charge in [0.05, 0.1) is 42.1 Å². The number of benzene rings is 2. The van der Waals surface area contributed by atoms with E-state index in [2.05, 4.69) is 35.2 Å². The van der Waals surface area contributed by atoms with Gasteiger partial charge in [0.15, 0.2) is 0 Å². The van der Waals surface area contributed by atoms with Crippen LogP contribution in [0, 0.1) is 22.0 Å². The van der Waals surface area contributed by atoms with Crippen molar-refractivity contribution in [3.05, 3.63) is 81.4 Å². The van der Waals surface area contributed by atoms with Gasteiger partial charge in [0.25, 0.3) is 5.69 Å². The smallest absolute Gasteiger partial charge is 0.269 e. The van der Waals surface area contributed by atoms with E-state index in [1.165, 1.54) is 11.1 Å². The maximum atomic E-state index is 13.6. The molecule has 0 radical (unpaired) electrons. The molecule has 6 aliphatic rings. The van der Waals surface area contributed by atoms with Gasteiger partial charge in [-0.3, -0.25) is 14.9 Å². The monoisotopic (exact) mass is 470 g/mol. The van der Waals surface area contributed by atoms with Crippen molar-refractivity contribution in [2.24, 2.45) is 11.8 Å². The van der Waals surface area contributed by atoms with Gasteiger partial charge in [-0.2, -0.15) is 0 Å². The quantitative estimate of drug-likeness (QED) is 0.297. The summed E-state index contributed by atoms with van der Waals surface area (Å²) >= 11 is 0. The summed E-state index contributed by atoms with van der Waals surface area (Å²) in [6.45, 7) is 3.54. The summed E-state index contributed by atoms with van der Waals surface area (Å²) in [7, 11) is 0. The minimum absolute atomic E-state index is 0.00455. The first kappa shape index (κ1) is 20.2. The molecule has 178 valence electrons. The van der Waals surface area contributed by atoms with Gasteiger partial charge in [0.1, 0.15) is 19.1 Å². The lowest BCUT2D eigenvalue weighted by Crippen LogP contribution is -2.72. The number of piperidine rings is 2. The average Bonchev–Trinajstić information content (AvgIpc) is 3.29. The molecule has 1 saturated carbocycles. The lowest BCUT2D eigenvalue weighted by Gasteiger charge is -2.60. The zero-order valence-corrected chi connectivity index (χ0v) is 19.5. The molecule has 1 spiro atoms. The molecule has 5 heterocycles. The second-order valence-electron chi connectivity index (χ2n) is 11.5. The van der Waals surface area contributed by atoms with Crippen molar-refractivity contribution in [2.75, 3.05) is 24.6 Å². The highest BCUT2D eigenvalue weighted by molar-refractivity contribution is 5.99. The van der Waals surface area contributed by atoms with Gasteiger partial charge in [0, 0.05) is 42.1 Å². The molecule has 7 nitrogen and oxygen atoms in total. The molecule has 1 aliphatic carbocycles. The number of ether oxygens (including phenoxy) is 1. The van der Waals surface area contributed by atoms with Gasteiger partial charge in [-0.05, 0) is 35.3 Å². The number of para-hydroxylation sites is 1. The number of non-ortho nitro benzene ring substituents is 1. The number of nitrogens with zero attached hydrogens (tertiary/aromatic N) is 3. The Kier molecular flexibility index (Phi) is 3.80. The van der Waals surface area contributed by atoms with E-state index in [0.717, 1.165) is 48.2 Å². The van der Waals surface area contributed by atoms with E-state index in [4.69, 9.17) is 4.74 Å². The molecule has 2 aromatic carbocycles.